The van der Waals surface area contributed by atoms with Gasteiger partial charge in [-0.2, -0.15) is 5.26 Å². The van der Waals surface area contributed by atoms with Crippen LogP contribution in [0, 0.1) is 21.4 Å². The van der Waals surface area contributed by atoms with Crippen LogP contribution in [-0.2, 0) is 6.42 Å². The third-order valence-electron chi connectivity index (χ3n) is 4.02. The van der Waals surface area contributed by atoms with E-state index in [-0.39, 0.29) is 0 Å². The molecule has 0 saturated heterocycles. The maximum Gasteiger partial charge on any atom is 0.311 e. The average molecular weight is 377 g/mol. The van der Waals surface area contributed by atoms with Gasteiger partial charge in [0.25, 0.3) is 0 Å². The van der Waals surface area contributed by atoms with Crippen molar-refractivity contribution in [3.05, 3.63) is 74.1 Å². The molecule has 0 aliphatic carbocycles. The molecule has 0 unspecified atom stereocenters. The number of nitriles is 1. The van der Waals surface area contributed by atoms with Crippen molar-refractivity contribution in [1.29, 1.82) is 5.26 Å². The lowest BCUT2D eigenvalue weighted by molar-refractivity contribution is -0.385. The lowest BCUT2D eigenvalue weighted by Gasteiger charge is -2.00. The summed E-state index contributed by atoms with van der Waals surface area (Å²) >= 11 is 1.33. The lowest BCUT2D eigenvalue weighted by Crippen LogP contribution is -1.89. The molecule has 27 heavy (non-hydrogen) atoms. The number of aryl methyl sites for hydroxylation is 1. The van der Waals surface area contributed by atoms with Gasteiger partial charge in [-0.3, -0.25) is 10.1 Å². The number of hydrogen-bond donors (Lipinski definition) is 1. The molecule has 3 rings (SSSR count). The number of allylic oxidation sites excluding steroid dienone is 1. The van der Waals surface area contributed by atoms with Crippen LogP contribution in [0.3, 0.4) is 0 Å². The quantitative estimate of drug-likeness (QED) is 0.381. The molecule has 0 fully saturated rings. The molecule has 0 saturated carbocycles. The maximum absolute atomic E-state index is 11.0. The van der Waals surface area contributed by atoms with Gasteiger partial charge in [-0.15, -0.1) is 11.3 Å². The fraction of sp³-hybridized carbons (Fsp3) is 0.100. The Kier molecular flexibility index (Phi) is 5.29. The Bertz CT molecular complexity index is 1060. The van der Waals surface area contributed by atoms with Crippen LogP contribution >= 0.6 is 11.3 Å². The van der Waals surface area contributed by atoms with Crippen molar-refractivity contribution in [3.63, 3.8) is 0 Å². The van der Waals surface area contributed by atoms with Gasteiger partial charge >= 0.3 is 5.69 Å². The number of nitro benzene ring substituents is 1. The topological polar surface area (TPSA) is 100 Å². The van der Waals surface area contributed by atoms with Gasteiger partial charge in [0.05, 0.1) is 16.2 Å². The first-order chi connectivity index (χ1) is 13.0. The highest BCUT2D eigenvalue weighted by Crippen LogP contribution is 2.30. The minimum Gasteiger partial charge on any atom is -0.502 e. The molecular weight excluding hydrogens is 362 g/mol. The van der Waals surface area contributed by atoms with Gasteiger partial charge in [-0.05, 0) is 29.7 Å². The Hall–Kier alpha value is -3.50. The largest absolute Gasteiger partial charge is 0.502 e. The summed E-state index contributed by atoms with van der Waals surface area (Å²) in [6.45, 7) is 2.09. The number of hydrogen-bond acceptors (Lipinski definition) is 6. The van der Waals surface area contributed by atoms with E-state index in [2.05, 4.69) is 18.0 Å². The van der Waals surface area contributed by atoms with Gasteiger partial charge in [0.1, 0.15) is 11.1 Å². The number of rotatable bonds is 5. The molecule has 0 spiro atoms. The fourth-order valence-corrected chi connectivity index (χ4v) is 3.32. The van der Waals surface area contributed by atoms with E-state index < -0.39 is 16.4 Å². The summed E-state index contributed by atoms with van der Waals surface area (Å²) in [6, 6.07) is 14.2. The summed E-state index contributed by atoms with van der Waals surface area (Å²) in [5, 5.41) is 32.4. The van der Waals surface area contributed by atoms with Crippen molar-refractivity contribution in [2.45, 2.75) is 13.3 Å². The summed E-state index contributed by atoms with van der Waals surface area (Å²) < 4.78 is 0. The first kappa shape index (κ1) is 18.3. The lowest BCUT2D eigenvalue weighted by atomic mass is 10.1. The van der Waals surface area contributed by atoms with E-state index in [4.69, 9.17) is 0 Å². The van der Waals surface area contributed by atoms with Crippen LogP contribution < -0.4 is 0 Å². The molecule has 6 nitrogen and oxygen atoms in total. The number of benzene rings is 2. The molecule has 0 amide bonds. The number of phenolic OH excluding ortho intramolecular Hbond substituents is 1. The molecule has 0 radical (unpaired) electrons. The number of aromatic hydroxyl groups is 1. The zero-order valence-corrected chi connectivity index (χ0v) is 15.2. The van der Waals surface area contributed by atoms with Crippen LogP contribution in [0.15, 0.2) is 47.8 Å². The van der Waals surface area contributed by atoms with E-state index >= 15 is 0 Å². The van der Waals surface area contributed by atoms with Gasteiger partial charge in [0, 0.05) is 17.0 Å². The van der Waals surface area contributed by atoms with Gasteiger partial charge in [0.15, 0.2) is 5.75 Å². The van der Waals surface area contributed by atoms with Crippen molar-refractivity contribution in [2.24, 2.45) is 0 Å². The van der Waals surface area contributed by atoms with E-state index in [0.717, 1.165) is 17.7 Å². The Balaban J connectivity index is 1.93. The maximum atomic E-state index is 11.0. The minimum atomic E-state index is -0.666. The number of aromatic nitrogens is 1. The summed E-state index contributed by atoms with van der Waals surface area (Å²) in [6.07, 6.45) is 2.48. The number of nitrogens with zero attached hydrogens (tertiary/aromatic N) is 3. The average Bonchev–Trinajstić information content (AvgIpc) is 3.17. The first-order valence-electron chi connectivity index (χ1n) is 8.16. The van der Waals surface area contributed by atoms with Crippen molar-refractivity contribution < 1.29 is 10.0 Å². The molecule has 7 heteroatoms. The predicted octanol–water partition coefficient (Wildman–Crippen LogP) is 5.05. The molecule has 1 aromatic heterocycles. The number of phenols is 1. The van der Waals surface area contributed by atoms with Crippen LogP contribution in [0.25, 0.3) is 22.9 Å². The highest BCUT2D eigenvalue weighted by Gasteiger charge is 2.14. The molecule has 0 atom stereocenters. The standard InChI is InChI=1S/C20H15N3O3S/c1-2-13-3-6-15(7-4-13)17-12-27-20(22-17)16(11-21)9-14-5-8-19(24)18(10-14)23(25)26/h3-10,12,24H,2H2,1H3. The minimum absolute atomic E-state index is 0.302. The number of nitro groups is 1. The van der Waals surface area contributed by atoms with Crippen molar-refractivity contribution in [3.8, 4) is 23.1 Å². The first-order valence-corrected chi connectivity index (χ1v) is 9.04. The van der Waals surface area contributed by atoms with Crippen molar-refractivity contribution >= 4 is 28.7 Å². The van der Waals surface area contributed by atoms with E-state index in [1.54, 1.807) is 0 Å². The highest BCUT2D eigenvalue weighted by molar-refractivity contribution is 7.11. The Morgan fingerprint density at radius 3 is 2.70 bits per heavy atom. The zero-order chi connectivity index (χ0) is 19.4. The van der Waals surface area contributed by atoms with Crippen molar-refractivity contribution in [2.75, 3.05) is 0 Å². The van der Waals surface area contributed by atoms with Crippen LogP contribution in [0.5, 0.6) is 5.75 Å². The second kappa shape index (κ2) is 7.81. The SMILES string of the molecule is CCc1ccc(-c2csc(C(C#N)=Cc3ccc(O)c([N+](=O)[O-])c3)n2)cc1. The predicted molar refractivity (Wildman–Crippen MR) is 105 cm³/mol. The highest BCUT2D eigenvalue weighted by atomic mass is 32.1. The van der Waals surface area contributed by atoms with Crippen molar-refractivity contribution in [1.82, 2.24) is 4.98 Å². The molecule has 134 valence electrons. The van der Waals surface area contributed by atoms with Gasteiger partial charge in [0.2, 0.25) is 0 Å². The zero-order valence-electron chi connectivity index (χ0n) is 14.4. The van der Waals surface area contributed by atoms with Gasteiger partial charge < -0.3 is 5.11 Å². The monoisotopic (exact) mass is 377 g/mol. The second-order valence-corrected chi connectivity index (χ2v) is 6.62. The molecule has 3 aromatic rings. The van der Waals surface area contributed by atoms with E-state index in [0.29, 0.717) is 16.1 Å². The summed E-state index contributed by atoms with van der Waals surface area (Å²) in [4.78, 5) is 14.8. The Labute approximate surface area is 159 Å². The number of thiazole rings is 1. The fourth-order valence-electron chi connectivity index (χ4n) is 2.53. The van der Waals surface area contributed by atoms with E-state index in [1.165, 1.54) is 41.2 Å². The molecule has 0 aliphatic rings. The summed E-state index contributed by atoms with van der Waals surface area (Å²) in [5.74, 6) is -0.414. The van der Waals surface area contributed by atoms with Crippen LogP contribution in [0.2, 0.25) is 0 Å². The van der Waals surface area contributed by atoms with Gasteiger partial charge in [-0.1, -0.05) is 37.3 Å². The molecular formula is C20H15N3O3S. The van der Waals surface area contributed by atoms with Gasteiger partial charge in [-0.25, -0.2) is 4.98 Å². The summed E-state index contributed by atoms with van der Waals surface area (Å²) in [5.41, 5.74) is 3.32. The Morgan fingerprint density at radius 2 is 2.07 bits per heavy atom. The summed E-state index contributed by atoms with van der Waals surface area (Å²) in [7, 11) is 0. The Morgan fingerprint density at radius 1 is 1.33 bits per heavy atom. The molecule has 2 aromatic carbocycles. The normalized spacial score (nSPS) is 11.2. The van der Waals surface area contributed by atoms with E-state index in [9.17, 15) is 20.5 Å². The third kappa shape index (κ3) is 4.02. The smallest absolute Gasteiger partial charge is 0.311 e. The molecule has 0 bridgehead atoms. The van der Waals surface area contributed by atoms with E-state index in [1.807, 2.05) is 29.6 Å². The van der Waals surface area contributed by atoms with Crippen LogP contribution in [0.4, 0.5) is 5.69 Å². The molecule has 1 N–H and O–H groups in total. The third-order valence-corrected chi connectivity index (χ3v) is 4.90. The van der Waals surface area contributed by atoms with Crippen LogP contribution in [-0.4, -0.2) is 15.0 Å². The molecule has 0 aliphatic heterocycles. The van der Waals surface area contributed by atoms with Crippen LogP contribution in [0.1, 0.15) is 23.1 Å². The second-order valence-electron chi connectivity index (χ2n) is 5.76. The molecule has 1 heterocycles.